The van der Waals surface area contributed by atoms with Gasteiger partial charge >= 0.3 is 0 Å². The zero-order valence-electron chi connectivity index (χ0n) is 12.3. The van der Waals surface area contributed by atoms with E-state index in [0.717, 1.165) is 5.57 Å². The van der Waals surface area contributed by atoms with Crippen molar-refractivity contribution < 1.29 is 0 Å². The van der Waals surface area contributed by atoms with Gasteiger partial charge in [-0.15, -0.1) is 0 Å². The van der Waals surface area contributed by atoms with Crippen LogP contribution in [0.1, 0.15) is 47.5 Å². The van der Waals surface area contributed by atoms with Crippen molar-refractivity contribution in [1.29, 1.82) is 0 Å². The van der Waals surface area contributed by atoms with Crippen molar-refractivity contribution in [2.45, 2.75) is 52.7 Å². The third kappa shape index (κ3) is 6.21. The number of hydrogen-bond donors (Lipinski definition) is 1. The van der Waals surface area contributed by atoms with E-state index in [-0.39, 0.29) is 0 Å². The molecule has 0 aliphatic heterocycles. The standard InChI is InChI=1S/C15H29NS/c1-11(2)13(10-16)12(3)14(17-7)8-9-15(4,5)6/h10,12,14H,1,8-9,16H2,2-7H3/b13-10+. The second-order valence-electron chi connectivity index (χ2n) is 6.06. The maximum Gasteiger partial charge on any atom is 0.0111 e. The zero-order valence-corrected chi connectivity index (χ0v) is 13.2. The molecule has 0 aromatic heterocycles. The van der Waals surface area contributed by atoms with Crippen molar-refractivity contribution in [1.82, 2.24) is 0 Å². The van der Waals surface area contributed by atoms with Crippen molar-refractivity contribution >= 4 is 11.8 Å². The molecular weight excluding hydrogens is 226 g/mol. The van der Waals surface area contributed by atoms with E-state index in [1.165, 1.54) is 18.4 Å². The van der Waals surface area contributed by atoms with Gasteiger partial charge in [-0.3, -0.25) is 0 Å². The predicted octanol–water partition coefficient (Wildman–Crippen LogP) is 4.60. The highest BCUT2D eigenvalue weighted by Crippen LogP contribution is 2.33. The summed E-state index contributed by atoms with van der Waals surface area (Å²) in [7, 11) is 0. The molecule has 0 saturated carbocycles. The molecule has 0 bridgehead atoms. The minimum absolute atomic E-state index is 0.406. The average molecular weight is 255 g/mol. The molecule has 1 nitrogen and oxygen atoms in total. The average Bonchev–Trinajstić information content (AvgIpc) is 2.17. The van der Waals surface area contributed by atoms with Crippen LogP contribution < -0.4 is 5.73 Å². The Bertz CT molecular complexity index is 273. The smallest absolute Gasteiger partial charge is 0.0111 e. The summed E-state index contributed by atoms with van der Waals surface area (Å²) in [4.78, 5) is 0. The molecular formula is C15H29NS. The third-order valence-electron chi connectivity index (χ3n) is 3.20. The summed E-state index contributed by atoms with van der Waals surface area (Å²) < 4.78 is 0. The lowest BCUT2D eigenvalue weighted by Crippen LogP contribution is -2.20. The molecule has 0 fully saturated rings. The lowest BCUT2D eigenvalue weighted by molar-refractivity contribution is 0.354. The van der Waals surface area contributed by atoms with Crippen molar-refractivity contribution in [2.24, 2.45) is 17.1 Å². The number of thioether (sulfide) groups is 1. The van der Waals surface area contributed by atoms with Crippen LogP contribution in [0.5, 0.6) is 0 Å². The highest BCUT2D eigenvalue weighted by molar-refractivity contribution is 7.99. The summed E-state index contributed by atoms with van der Waals surface area (Å²) in [6, 6.07) is 0. The van der Waals surface area contributed by atoms with Crippen LogP contribution in [0.4, 0.5) is 0 Å². The minimum atomic E-state index is 0.406. The zero-order chi connectivity index (χ0) is 13.6. The Morgan fingerprint density at radius 2 is 1.94 bits per heavy atom. The van der Waals surface area contributed by atoms with Gasteiger partial charge < -0.3 is 5.73 Å². The van der Waals surface area contributed by atoms with Crippen LogP contribution in [0.3, 0.4) is 0 Å². The van der Waals surface area contributed by atoms with E-state index in [2.05, 4.69) is 40.5 Å². The van der Waals surface area contributed by atoms with Crippen LogP contribution in [-0.2, 0) is 0 Å². The molecule has 2 N–H and O–H groups in total. The highest BCUT2D eigenvalue weighted by atomic mass is 32.2. The predicted molar refractivity (Wildman–Crippen MR) is 82.2 cm³/mol. The van der Waals surface area contributed by atoms with Crippen molar-refractivity contribution in [3.63, 3.8) is 0 Å². The van der Waals surface area contributed by atoms with Gasteiger partial charge in [-0.2, -0.15) is 11.8 Å². The van der Waals surface area contributed by atoms with Crippen LogP contribution in [0, 0.1) is 11.3 Å². The molecule has 0 rings (SSSR count). The summed E-state index contributed by atoms with van der Waals surface area (Å²) in [5, 5.41) is 0.626. The lowest BCUT2D eigenvalue weighted by Gasteiger charge is -2.28. The van der Waals surface area contributed by atoms with Gasteiger partial charge in [0.2, 0.25) is 0 Å². The normalized spacial score (nSPS) is 16.7. The first-order valence-corrected chi connectivity index (χ1v) is 7.62. The Morgan fingerprint density at radius 1 is 1.41 bits per heavy atom. The minimum Gasteiger partial charge on any atom is -0.404 e. The molecule has 0 aliphatic rings. The Kier molecular flexibility index (Phi) is 6.99. The molecule has 0 heterocycles. The molecule has 2 atom stereocenters. The van der Waals surface area contributed by atoms with Gasteiger partial charge in [-0.05, 0) is 49.1 Å². The van der Waals surface area contributed by atoms with Gasteiger partial charge in [0.1, 0.15) is 0 Å². The summed E-state index contributed by atoms with van der Waals surface area (Å²) in [6.45, 7) is 15.2. The summed E-state index contributed by atoms with van der Waals surface area (Å²) in [5.74, 6) is 0.481. The summed E-state index contributed by atoms with van der Waals surface area (Å²) >= 11 is 1.94. The molecule has 0 aromatic rings. The largest absolute Gasteiger partial charge is 0.404 e. The Hall–Kier alpha value is -0.370. The van der Waals surface area contributed by atoms with Crippen LogP contribution >= 0.6 is 11.8 Å². The fraction of sp³-hybridized carbons (Fsp3) is 0.733. The maximum absolute atomic E-state index is 5.72. The maximum atomic E-state index is 5.72. The Morgan fingerprint density at radius 3 is 2.24 bits per heavy atom. The van der Waals surface area contributed by atoms with Crippen molar-refractivity contribution in [2.75, 3.05) is 6.26 Å². The van der Waals surface area contributed by atoms with Gasteiger partial charge in [-0.25, -0.2) is 0 Å². The van der Waals surface area contributed by atoms with Crippen molar-refractivity contribution in [3.8, 4) is 0 Å². The molecule has 0 aromatic carbocycles. The second kappa shape index (κ2) is 7.15. The van der Waals surface area contributed by atoms with Crippen LogP contribution in [-0.4, -0.2) is 11.5 Å². The van der Waals surface area contributed by atoms with E-state index in [1.807, 2.05) is 18.7 Å². The number of nitrogens with two attached hydrogens (primary N) is 1. The first-order chi connectivity index (χ1) is 7.72. The quantitative estimate of drug-likeness (QED) is 0.702. The van der Waals surface area contributed by atoms with Gasteiger partial charge in [0, 0.05) is 5.25 Å². The van der Waals surface area contributed by atoms with Crippen LogP contribution in [0.15, 0.2) is 23.9 Å². The summed E-state index contributed by atoms with van der Waals surface area (Å²) in [5.41, 5.74) is 8.42. The summed E-state index contributed by atoms with van der Waals surface area (Å²) in [6.07, 6.45) is 6.40. The van der Waals surface area contributed by atoms with Crippen LogP contribution in [0.2, 0.25) is 0 Å². The fourth-order valence-electron chi connectivity index (χ4n) is 2.03. The molecule has 2 heteroatoms. The second-order valence-corrected chi connectivity index (χ2v) is 7.14. The van der Waals surface area contributed by atoms with Crippen LogP contribution in [0.25, 0.3) is 0 Å². The highest BCUT2D eigenvalue weighted by Gasteiger charge is 2.22. The molecule has 0 aliphatic carbocycles. The monoisotopic (exact) mass is 255 g/mol. The molecule has 0 radical (unpaired) electrons. The Balaban J connectivity index is 4.60. The van der Waals surface area contributed by atoms with E-state index in [0.29, 0.717) is 16.6 Å². The Labute approximate surface area is 112 Å². The molecule has 2 unspecified atom stereocenters. The number of hydrogen-bond acceptors (Lipinski definition) is 2. The SMILES string of the molecule is C=C(C)/C(=C\N)C(C)C(CCC(C)(C)C)SC. The van der Waals surface area contributed by atoms with Gasteiger partial charge in [0.05, 0.1) is 0 Å². The fourth-order valence-corrected chi connectivity index (χ4v) is 2.94. The van der Waals surface area contributed by atoms with Gasteiger partial charge in [0.15, 0.2) is 0 Å². The molecule has 0 spiro atoms. The molecule has 17 heavy (non-hydrogen) atoms. The van der Waals surface area contributed by atoms with Gasteiger partial charge in [-0.1, -0.05) is 39.8 Å². The first-order valence-electron chi connectivity index (χ1n) is 6.33. The molecule has 0 saturated heterocycles. The number of allylic oxidation sites excluding steroid dienone is 2. The molecule has 100 valence electrons. The van der Waals surface area contributed by atoms with Crippen molar-refractivity contribution in [3.05, 3.63) is 23.9 Å². The number of rotatable bonds is 6. The van der Waals surface area contributed by atoms with E-state index < -0.39 is 0 Å². The first kappa shape index (κ1) is 16.6. The lowest BCUT2D eigenvalue weighted by atomic mass is 9.85. The van der Waals surface area contributed by atoms with E-state index in [4.69, 9.17) is 5.73 Å². The van der Waals surface area contributed by atoms with E-state index in [9.17, 15) is 0 Å². The topological polar surface area (TPSA) is 26.0 Å². The van der Waals surface area contributed by atoms with Gasteiger partial charge in [0.25, 0.3) is 0 Å². The van der Waals surface area contributed by atoms with E-state index in [1.54, 1.807) is 6.20 Å². The third-order valence-corrected chi connectivity index (χ3v) is 4.45. The molecule has 0 amide bonds. The van der Waals surface area contributed by atoms with E-state index >= 15 is 0 Å².